The molecule has 1 atom stereocenters. The van der Waals surface area contributed by atoms with E-state index in [1.807, 2.05) is 31.7 Å². The minimum absolute atomic E-state index is 0.241. The van der Waals surface area contributed by atoms with Crippen molar-refractivity contribution in [2.75, 3.05) is 13.7 Å². The van der Waals surface area contributed by atoms with Gasteiger partial charge in [-0.3, -0.25) is 10.00 Å². The van der Waals surface area contributed by atoms with Crippen molar-refractivity contribution in [2.24, 2.45) is 7.05 Å². The molecule has 6 nitrogen and oxygen atoms in total. The Hall–Kier alpha value is -2.67. The Morgan fingerprint density at radius 3 is 2.96 bits per heavy atom. The lowest BCUT2D eigenvalue weighted by atomic mass is 9.99. The van der Waals surface area contributed by atoms with Crippen molar-refractivity contribution in [3.05, 3.63) is 54.0 Å². The molecule has 1 aliphatic heterocycles. The molecule has 27 heavy (non-hydrogen) atoms. The van der Waals surface area contributed by atoms with Crippen LogP contribution < -0.4 is 4.74 Å². The third kappa shape index (κ3) is 3.47. The summed E-state index contributed by atoms with van der Waals surface area (Å²) in [5, 5.41) is 7.25. The summed E-state index contributed by atoms with van der Waals surface area (Å²) in [6, 6.07) is 5.27. The van der Waals surface area contributed by atoms with Gasteiger partial charge in [0.1, 0.15) is 5.82 Å². The molecule has 7 heteroatoms. The van der Waals surface area contributed by atoms with E-state index in [2.05, 4.69) is 24.6 Å². The molecule has 1 saturated heterocycles. The van der Waals surface area contributed by atoms with E-state index < -0.39 is 0 Å². The standard InChI is InChI=1S/C20H24FN5O/c1-25-10-8-22-20(25)17-5-3-4-9-26(17)13-15-12-23-24-19(15)14-6-7-18(27-2)16(21)11-14/h6-8,10-12,17H,3-5,9,13H2,1-2H3,(H,23,24). The van der Waals surface area contributed by atoms with Crippen molar-refractivity contribution < 1.29 is 9.13 Å². The van der Waals surface area contributed by atoms with Crippen molar-refractivity contribution in [3.63, 3.8) is 0 Å². The van der Waals surface area contributed by atoms with Gasteiger partial charge in [0.05, 0.1) is 25.0 Å². The van der Waals surface area contributed by atoms with Crippen molar-refractivity contribution >= 4 is 0 Å². The molecular weight excluding hydrogens is 345 g/mol. The van der Waals surface area contributed by atoms with Crippen molar-refractivity contribution in [3.8, 4) is 17.0 Å². The van der Waals surface area contributed by atoms with Crippen LogP contribution in [0.5, 0.6) is 5.75 Å². The highest BCUT2D eigenvalue weighted by Gasteiger charge is 2.28. The topological polar surface area (TPSA) is 59.0 Å². The summed E-state index contributed by atoms with van der Waals surface area (Å²) in [7, 11) is 3.51. The quantitative estimate of drug-likeness (QED) is 0.745. The number of aryl methyl sites for hydroxylation is 1. The zero-order chi connectivity index (χ0) is 18.8. The van der Waals surface area contributed by atoms with E-state index in [4.69, 9.17) is 4.74 Å². The highest BCUT2D eigenvalue weighted by molar-refractivity contribution is 5.63. The normalized spacial score (nSPS) is 18.0. The van der Waals surface area contributed by atoms with Crippen LogP contribution in [0.3, 0.4) is 0 Å². The van der Waals surface area contributed by atoms with Crippen LogP contribution in [0.4, 0.5) is 4.39 Å². The Kier molecular flexibility index (Phi) is 4.94. The number of H-pyrrole nitrogens is 1. The van der Waals surface area contributed by atoms with Gasteiger partial charge >= 0.3 is 0 Å². The Labute approximate surface area is 158 Å². The predicted molar refractivity (Wildman–Crippen MR) is 101 cm³/mol. The first-order chi connectivity index (χ1) is 13.2. The number of methoxy groups -OCH3 is 1. The monoisotopic (exact) mass is 369 g/mol. The second-order valence-electron chi connectivity index (χ2n) is 7.00. The van der Waals surface area contributed by atoms with Crippen molar-refractivity contribution in [1.82, 2.24) is 24.6 Å². The van der Waals surface area contributed by atoms with Gasteiger partial charge in [0.2, 0.25) is 0 Å². The highest BCUT2D eigenvalue weighted by Crippen LogP contribution is 2.33. The maximum atomic E-state index is 14.1. The maximum Gasteiger partial charge on any atom is 0.165 e. The lowest BCUT2D eigenvalue weighted by molar-refractivity contribution is 0.132. The van der Waals surface area contributed by atoms with Crippen molar-refractivity contribution in [1.29, 1.82) is 0 Å². The van der Waals surface area contributed by atoms with Gasteiger partial charge in [-0.05, 0) is 37.6 Å². The number of aromatic amines is 1. The largest absolute Gasteiger partial charge is 0.494 e. The van der Waals surface area contributed by atoms with Crippen LogP contribution in [-0.4, -0.2) is 38.3 Å². The van der Waals surface area contributed by atoms with Crippen LogP contribution in [0.1, 0.15) is 36.7 Å². The van der Waals surface area contributed by atoms with Gasteiger partial charge in [-0.2, -0.15) is 5.10 Å². The fourth-order valence-electron chi connectivity index (χ4n) is 3.89. The van der Waals surface area contributed by atoms with Crippen LogP contribution in [0.15, 0.2) is 36.8 Å². The average molecular weight is 369 g/mol. The number of rotatable bonds is 5. The number of nitrogens with zero attached hydrogens (tertiary/aromatic N) is 4. The van der Waals surface area contributed by atoms with E-state index >= 15 is 0 Å². The summed E-state index contributed by atoms with van der Waals surface area (Å²) in [6.07, 6.45) is 9.15. The van der Waals surface area contributed by atoms with E-state index in [9.17, 15) is 4.39 Å². The van der Waals surface area contributed by atoms with E-state index in [1.54, 1.807) is 6.07 Å². The van der Waals surface area contributed by atoms with Crippen LogP contribution in [0.2, 0.25) is 0 Å². The van der Waals surface area contributed by atoms with Gasteiger partial charge in [-0.1, -0.05) is 6.42 Å². The third-order valence-corrected chi connectivity index (χ3v) is 5.30. The Morgan fingerprint density at radius 1 is 1.33 bits per heavy atom. The minimum atomic E-state index is -0.376. The Bertz CT molecular complexity index is 919. The summed E-state index contributed by atoms with van der Waals surface area (Å²) in [5.41, 5.74) is 2.67. The first-order valence-corrected chi connectivity index (χ1v) is 9.25. The highest BCUT2D eigenvalue weighted by atomic mass is 19.1. The number of benzene rings is 1. The lowest BCUT2D eigenvalue weighted by Crippen LogP contribution is -2.34. The number of aromatic nitrogens is 4. The smallest absolute Gasteiger partial charge is 0.165 e. The van der Waals surface area contributed by atoms with Gasteiger partial charge in [0.25, 0.3) is 0 Å². The molecular formula is C20H24FN5O. The first kappa shape index (κ1) is 17.7. The molecule has 4 rings (SSSR count). The zero-order valence-corrected chi connectivity index (χ0v) is 15.7. The number of imidazole rings is 1. The molecule has 1 aliphatic rings. The van der Waals surface area contributed by atoms with E-state index in [0.717, 1.165) is 42.2 Å². The second-order valence-corrected chi connectivity index (χ2v) is 7.00. The van der Waals surface area contributed by atoms with Crippen molar-refractivity contribution in [2.45, 2.75) is 31.8 Å². The summed E-state index contributed by atoms with van der Waals surface area (Å²) in [5.74, 6) is 0.959. The number of likely N-dealkylation sites (tertiary alicyclic amines) is 1. The molecule has 1 N–H and O–H groups in total. The predicted octanol–water partition coefficient (Wildman–Crippen LogP) is 3.69. The molecule has 3 heterocycles. The lowest BCUT2D eigenvalue weighted by Gasteiger charge is -2.35. The zero-order valence-electron chi connectivity index (χ0n) is 15.7. The third-order valence-electron chi connectivity index (χ3n) is 5.30. The molecule has 3 aromatic rings. The SMILES string of the molecule is COc1ccc(-c2[nH]ncc2CN2CCCCC2c2nccn2C)cc1F. The summed E-state index contributed by atoms with van der Waals surface area (Å²) in [6.45, 7) is 1.76. The molecule has 0 amide bonds. The number of halogens is 1. The maximum absolute atomic E-state index is 14.1. The van der Waals surface area contributed by atoms with Gasteiger partial charge in [0, 0.05) is 37.1 Å². The van der Waals surface area contributed by atoms with Crippen LogP contribution in [0, 0.1) is 5.82 Å². The summed E-state index contributed by atoms with van der Waals surface area (Å²) >= 11 is 0. The molecule has 0 saturated carbocycles. The molecule has 0 radical (unpaired) electrons. The van der Waals surface area contributed by atoms with Gasteiger partial charge in [-0.15, -0.1) is 0 Å². The molecule has 0 spiro atoms. The molecule has 142 valence electrons. The molecule has 1 unspecified atom stereocenters. The molecule has 0 aliphatic carbocycles. The fourth-order valence-corrected chi connectivity index (χ4v) is 3.89. The Morgan fingerprint density at radius 2 is 2.22 bits per heavy atom. The van der Waals surface area contributed by atoms with Crippen LogP contribution >= 0.6 is 0 Å². The van der Waals surface area contributed by atoms with Gasteiger partial charge in [-0.25, -0.2) is 9.37 Å². The van der Waals surface area contributed by atoms with Gasteiger partial charge in [0.15, 0.2) is 11.6 Å². The van der Waals surface area contributed by atoms with Crippen LogP contribution in [-0.2, 0) is 13.6 Å². The average Bonchev–Trinajstić information content (AvgIpc) is 3.31. The second kappa shape index (κ2) is 7.52. The summed E-state index contributed by atoms with van der Waals surface area (Å²) < 4.78 is 21.3. The number of hydrogen-bond acceptors (Lipinski definition) is 4. The van der Waals surface area contributed by atoms with E-state index in [1.165, 1.54) is 26.0 Å². The molecule has 1 aromatic carbocycles. The summed E-state index contributed by atoms with van der Waals surface area (Å²) in [4.78, 5) is 7.01. The van der Waals surface area contributed by atoms with E-state index in [0.29, 0.717) is 0 Å². The first-order valence-electron chi connectivity index (χ1n) is 9.25. The Balaban J connectivity index is 1.60. The van der Waals surface area contributed by atoms with Crippen LogP contribution in [0.25, 0.3) is 11.3 Å². The number of piperidine rings is 1. The number of nitrogens with one attached hydrogen (secondary N) is 1. The molecule has 0 bridgehead atoms. The number of ether oxygens (including phenoxy) is 1. The van der Waals surface area contributed by atoms with Gasteiger partial charge < -0.3 is 9.30 Å². The molecule has 2 aromatic heterocycles. The van der Waals surface area contributed by atoms with E-state index in [-0.39, 0.29) is 17.6 Å². The fraction of sp³-hybridized carbons (Fsp3) is 0.400. The molecule has 1 fully saturated rings. The number of hydrogen-bond donors (Lipinski definition) is 1. The minimum Gasteiger partial charge on any atom is -0.494 e.